The van der Waals surface area contributed by atoms with Crippen molar-refractivity contribution in [2.24, 2.45) is 0 Å². The SMILES string of the molecule is CCCCC=CC=CC=CCCCCCCCC(=O)O.[Fe]. The van der Waals surface area contributed by atoms with Gasteiger partial charge in [-0.2, -0.15) is 0 Å². The van der Waals surface area contributed by atoms with E-state index in [0.29, 0.717) is 6.42 Å². The largest absolute Gasteiger partial charge is 0.481 e. The van der Waals surface area contributed by atoms with E-state index in [-0.39, 0.29) is 17.1 Å². The zero-order chi connectivity index (χ0) is 14.9. The van der Waals surface area contributed by atoms with Crippen LogP contribution < -0.4 is 0 Å². The first-order valence-corrected chi connectivity index (χ1v) is 7.97. The molecule has 0 aromatic heterocycles. The second-order valence-corrected chi connectivity index (χ2v) is 5.08. The Kier molecular flexibility index (Phi) is 20.6. The van der Waals surface area contributed by atoms with Crippen LogP contribution in [0.5, 0.6) is 0 Å². The fourth-order valence-corrected chi connectivity index (χ4v) is 1.87. The van der Waals surface area contributed by atoms with Crippen LogP contribution in [0.2, 0.25) is 0 Å². The summed E-state index contributed by atoms with van der Waals surface area (Å²) in [5.74, 6) is -0.677. The molecule has 0 aliphatic rings. The van der Waals surface area contributed by atoms with E-state index >= 15 is 0 Å². The van der Waals surface area contributed by atoms with Gasteiger partial charge in [0, 0.05) is 23.5 Å². The standard InChI is InChI=1S/C18H30O2.Fe/c1-2-3-4-5-6-7-8-9-10-11-12-13-14-15-16-17-18(19)20;/h5-10H,2-4,11-17H2,1H3,(H,19,20);. The Morgan fingerprint density at radius 2 is 1.33 bits per heavy atom. The molecule has 21 heavy (non-hydrogen) atoms. The first kappa shape index (κ1) is 22.5. The first-order valence-electron chi connectivity index (χ1n) is 7.97. The number of aliphatic carboxylic acids is 1. The summed E-state index contributed by atoms with van der Waals surface area (Å²) < 4.78 is 0. The molecule has 0 unspecified atom stereocenters. The first-order chi connectivity index (χ1) is 9.77. The number of hydrogen-bond acceptors (Lipinski definition) is 1. The monoisotopic (exact) mass is 334 g/mol. The van der Waals surface area contributed by atoms with Gasteiger partial charge < -0.3 is 5.11 Å². The Morgan fingerprint density at radius 1 is 0.810 bits per heavy atom. The third-order valence-corrected chi connectivity index (χ3v) is 3.09. The summed E-state index contributed by atoms with van der Waals surface area (Å²) >= 11 is 0. The van der Waals surface area contributed by atoms with E-state index in [9.17, 15) is 4.79 Å². The Labute approximate surface area is 140 Å². The van der Waals surface area contributed by atoms with Crippen molar-refractivity contribution in [3.05, 3.63) is 36.5 Å². The van der Waals surface area contributed by atoms with Gasteiger partial charge in [0.2, 0.25) is 0 Å². The van der Waals surface area contributed by atoms with Crippen LogP contribution in [0, 0.1) is 0 Å². The van der Waals surface area contributed by atoms with Gasteiger partial charge in [0.05, 0.1) is 0 Å². The van der Waals surface area contributed by atoms with Crippen LogP contribution in [0.3, 0.4) is 0 Å². The molecule has 1 N–H and O–H groups in total. The fourth-order valence-electron chi connectivity index (χ4n) is 1.87. The predicted molar refractivity (Wildman–Crippen MR) is 86.9 cm³/mol. The van der Waals surface area contributed by atoms with Gasteiger partial charge in [-0.3, -0.25) is 4.79 Å². The van der Waals surface area contributed by atoms with Crippen molar-refractivity contribution in [1.82, 2.24) is 0 Å². The molecule has 122 valence electrons. The molecule has 0 aliphatic carbocycles. The molecule has 0 spiro atoms. The molecule has 3 heteroatoms. The van der Waals surface area contributed by atoms with E-state index in [1.807, 2.05) is 0 Å². The Hall–Kier alpha value is -0.791. The summed E-state index contributed by atoms with van der Waals surface area (Å²) in [5, 5.41) is 8.50. The minimum atomic E-state index is -0.677. The van der Waals surface area contributed by atoms with Crippen LogP contribution in [-0.2, 0) is 21.9 Å². The van der Waals surface area contributed by atoms with Crippen LogP contribution in [0.15, 0.2) is 36.5 Å². The van der Waals surface area contributed by atoms with E-state index in [1.54, 1.807) is 0 Å². The molecule has 2 nitrogen and oxygen atoms in total. The smallest absolute Gasteiger partial charge is 0.303 e. The summed E-state index contributed by atoms with van der Waals surface area (Å²) in [4.78, 5) is 10.3. The van der Waals surface area contributed by atoms with Gasteiger partial charge in [0.1, 0.15) is 0 Å². The third kappa shape index (κ3) is 21.7. The molecule has 0 fully saturated rings. The van der Waals surface area contributed by atoms with Crippen molar-refractivity contribution >= 4 is 5.97 Å². The number of carboxylic acids is 1. The molecular formula is C18H30FeO2. The predicted octanol–water partition coefficient (Wildman–Crippen LogP) is 5.66. The number of carbonyl (C=O) groups is 1. The molecule has 0 saturated heterocycles. The van der Waals surface area contributed by atoms with Crippen LogP contribution in [0.4, 0.5) is 0 Å². The molecule has 0 aliphatic heterocycles. The van der Waals surface area contributed by atoms with Crippen LogP contribution >= 0.6 is 0 Å². The Bertz CT molecular complexity index is 306. The summed E-state index contributed by atoms with van der Waals surface area (Å²) in [6, 6.07) is 0. The maximum atomic E-state index is 10.3. The van der Waals surface area contributed by atoms with Gasteiger partial charge in [-0.25, -0.2) is 0 Å². The van der Waals surface area contributed by atoms with Gasteiger partial charge in [0.15, 0.2) is 0 Å². The quantitative estimate of drug-likeness (QED) is 0.268. The summed E-state index contributed by atoms with van der Waals surface area (Å²) in [6.45, 7) is 2.21. The fraction of sp³-hybridized carbons (Fsp3) is 0.611. The van der Waals surface area contributed by atoms with E-state index in [0.717, 1.165) is 25.7 Å². The van der Waals surface area contributed by atoms with Crippen molar-refractivity contribution < 1.29 is 27.0 Å². The van der Waals surface area contributed by atoms with E-state index in [1.165, 1.54) is 32.1 Å². The minimum absolute atomic E-state index is 0. The Balaban J connectivity index is 0. The number of hydrogen-bond donors (Lipinski definition) is 1. The molecule has 0 aromatic rings. The molecule has 0 radical (unpaired) electrons. The van der Waals surface area contributed by atoms with Gasteiger partial charge in [0.25, 0.3) is 0 Å². The molecule has 0 rings (SSSR count). The molecule has 0 bridgehead atoms. The average Bonchev–Trinajstić information content (AvgIpc) is 2.43. The number of carboxylic acid groups (broad SMARTS) is 1. The molecule has 0 saturated carbocycles. The molecular weight excluding hydrogens is 304 g/mol. The van der Waals surface area contributed by atoms with Crippen LogP contribution in [-0.4, -0.2) is 11.1 Å². The molecule has 0 heterocycles. The van der Waals surface area contributed by atoms with E-state index < -0.39 is 5.97 Å². The van der Waals surface area contributed by atoms with E-state index in [2.05, 4.69) is 43.4 Å². The van der Waals surface area contributed by atoms with Crippen molar-refractivity contribution in [3.63, 3.8) is 0 Å². The zero-order valence-electron chi connectivity index (χ0n) is 13.2. The summed E-state index contributed by atoms with van der Waals surface area (Å²) in [6.07, 6.45) is 23.3. The van der Waals surface area contributed by atoms with Gasteiger partial charge in [-0.1, -0.05) is 75.5 Å². The normalized spacial score (nSPS) is 11.5. The average molecular weight is 334 g/mol. The van der Waals surface area contributed by atoms with Crippen LogP contribution in [0.25, 0.3) is 0 Å². The van der Waals surface area contributed by atoms with Crippen molar-refractivity contribution in [1.29, 1.82) is 0 Å². The number of allylic oxidation sites excluding steroid dienone is 6. The molecule has 0 atom stereocenters. The number of unbranched alkanes of at least 4 members (excludes halogenated alkanes) is 7. The van der Waals surface area contributed by atoms with Gasteiger partial charge >= 0.3 is 5.97 Å². The van der Waals surface area contributed by atoms with Crippen molar-refractivity contribution in [3.8, 4) is 0 Å². The summed E-state index contributed by atoms with van der Waals surface area (Å²) in [7, 11) is 0. The Morgan fingerprint density at radius 3 is 1.90 bits per heavy atom. The third-order valence-electron chi connectivity index (χ3n) is 3.09. The van der Waals surface area contributed by atoms with Crippen LogP contribution in [0.1, 0.15) is 71.1 Å². The second-order valence-electron chi connectivity index (χ2n) is 5.08. The summed E-state index contributed by atoms with van der Waals surface area (Å²) in [5.41, 5.74) is 0. The molecule has 0 aromatic carbocycles. The zero-order valence-corrected chi connectivity index (χ0v) is 14.3. The van der Waals surface area contributed by atoms with E-state index in [4.69, 9.17) is 5.11 Å². The maximum Gasteiger partial charge on any atom is 0.303 e. The number of rotatable bonds is 13. The minimum Gasteiger partial charge on any atom is -0.481 e. The topological polar surface area (TPSA) is 37.3 Å². The maximum absolute atomic E-state index is 10.3. The van der Waals surface area contributed by atoms with Gasteiger partial charge in [-0.05, 0) is 25.7 Å². The molecule has 0 amide bonds. The van der Waals surface area contributed by atoms with Crippen molar-refractivity contribution in [2.45, 2.75) is 71.1 Å². The van der Waals surface area contributed by atoms with Crippen molar-refractivity contribution in [2.75, 3.05) is 0 Å². The second kappa shape index (κ2) is 19.2. The van der Waals surface area contributed by atoms with Gasteiger partial charge in [-0.15, -0.1) is 0 Å².